The van der Waals surface area contributed by atoms with Crippen molar-refractivity contribution in [3.63, 3.8) is 0 Å². The van der Waals surface area contributed by atoms with Gasteiger partial charge in [-0.1, -0.05) is 42.5 Å². The summed E-state index contributed by atoms with van der Waals surface area (Å²) in [5.41, 5.74) is -0.0541. The van der Waals surface area contributed by atoms with Crippen LogP contribution in [0.5, 0.6) is 17.2 Å². The number of thiophene rings is 1. The number of rotatable bonds is 6. The summed E-state index contributed by atoms with van der Waals surface area (Å²) in [5, 5.41) is 1.99. The summed E-state index contributed by atoms with van der Waals surface area (Å²) in [6.45, 7) is 4.02. The van der Waals surface area contributed by atoms with E-state index in [-0.39, 0.29) is 11.7 Å². The predicted octanol–water partition coefficient (Wildman–Crippen LogP) is 5.21. The van der Waals surface area contributed by atoms with Gasteiger partial charge in [-0.05, 0) is 11.4 Å². The van der Waals surface area contributed by atoms with Crippen LogP contribution >= 0.6 is 11.3 Å². The van der Waals surface area contributed by atoms with E-state index in [1.165, 1.54) is 7.11 Å². The Kier molecular flexibility index (Phi) is 4.69. The maximum absolute atomic E-state index is 13.9. The van der Waals surface area contributed by atoms with Gasteiger partial charge in [0.15, 0.2) is 0 Å². The molecule has 1 aromatic heterocycles. The van der Waals surface area contributed by atoms with Gasteiger partial charge in [-0.25, -0.2) is 0 Å². The molecule has 0 saturated heterocycles. The van der Waals surface area contributed by atoms with Crippen molar-refractivity contribution in [1.82, 2.24) is 0 Å². The second kappa shape index (κ2) is 7.17. The zero-order valence-corrected chi connectivity index (χ0v) is 16.5. The maximum Gasteiger partial charge on any atom is 0.219 e. The lowest BCUT2D eigenvalue weighted by molar-refractivity contribution is 0.0491. The summed E-state index contributed by atoms with van der Waals surface area (Å²) >= 11 is 1.57. The first kappa shape index (κ1) is 18.3. The summed E-state index contributed by atoms with van der Waals surface area (Å²) in [7, 11) is 3.11. The second-order valence-corrected chi connectivity index (χ2v) is 7.44. The van der Waals surface area contributed by atoms with Crippen molar-refractivity contribution in [2.24, 2.45) is 0 Å². The molecule has 142 valence electrons. The second-order valence-electron chi connectivity index (χ2n) is 6.46. The average Bonchev–Trinajstić information content (AvgIpc) is 3.36. The highest BCUT2D eigenvalue weighted by Crippen LogP contribution is 2.53. The number of hydrogen-bond donors (Lipinski definition) is 0. The molecule has 0 amide bonds. The van der Waals surface area contributed by atoms with E-state index in [1.807, 2.05) is 47.8 Å². The summed E-state index contributed by atoms with van der Waals surface area (Å²) in [6, 6.07) is 17.0. The van der Waals surface area contributed by atoms with Crippen LogP contribution in [0.15, 0.2) is 72.6 Å². The minimum absolute atomic E-state index is 0.147. The molecule has 0 bridgehead atoms. The van der Waals surface area contributed by atoms with Gasteiger partial charge in [0, 0.05) is 22.6 Å². The van der Waals surface area contributed by atoms with Gasteiger partial charge in [0.2, 0.25) is 11.4 Å². The lowest BCUT2D eigenvalue weighted by Crippen LogP contribution is -2.42. The van der Waals surface area contributed by atoms with Crippen LogP contribution in [0.2, 0.25) is 0 Å². The number of carbonyl (C=O) groups excluding carboxylic acids is 1. The zero-order chi connectivity index (χ0) is 19.7. The van der Waals surface area contributed by atoms with E-state index in [0.717, 1.165) is 10.4 Å². The van der Waals surface area contributed by atoms with Crippen LogP contribution in [0.1, 0.15) is 26.7 Å². The van der Waals surface area contributed by atoms with Crippen LogP contribution in [0.3, 0.4) is 0 Å². The Labute approximate surface area is 168 Å². The Morgan fingerprint density at radius 2 is 1.89 bits per heavy atom. The molecule has 4 nitrogen and oxygen atoms in total. The predicted molar refractivity (Wildman–Crippen MR) is 110 cm³/mol. The van der Waals surface area contributed by atoms with Crippen LogP contribution in [0, 0.1) is 0 Å². The van der Waals surface area contributed by atoms with Gasteiger partial charge in [-0.15, -0.1) is 17.9 Å². The van der Waals surface area contributed by atoms with E-state index in [2.05, 4.69) is 6.58 Å². The average molecular weight is 392 g/mol. The minimum Gasteiger partial charge on any atom is -0.496 e. The van der Waals surface area contributed by atoms with E-state index in [9.17, 15) is 4.79 Å². The summed E-state index contributed by atoms with van der Waals surface area (Å²) in [5.74, 6) is 0.954. The topological polar surface area (TPSA) is 44.8 Å². The molecule has 2 atom stereocenters. The van der Waals surface area contributed by atoms with Crippen molar-refractivity contribution in [2.75, 3.05) is 14.2 Å². The first-order chi connectivity index (χ1) is 13.7. The van der Waals surface area contributed by atoms with Gasteiger partial charge in [-0.2, -0.15) is 0 Å². The Morgan fingerprint density at radius 1 is 1.11 bits per heavy atom. The summed E-state index contributed by atoms with van der Waals surface area (Å²) < 4.78 is 17.3. The fourth-order valence-corrected chi connectivity index (χ4v) is 4.65. The highest BCUT2D eigenvalue weighted by molar-refractivity contribution is 7.10. The van der Waals surface area contributed by atoms with Crippen LogP contribution in [-0.4, -0.2) is 20.0 Å². The van der Waals surface area contributed by atoms with E-state index >= 15 is 0 Å². The van der Waals surface area contributed by atoms with Crippen molar-refractivity contribution >= 4 is 17.1 Å². The number of ketones is 1. The molecule has 3 aromatic rings. The molecule has 1 aliphatic heterocycles. The molecule has 0 aliphatic carbocycles. The van der Waals surface area contributed by atoms with Crippen molar-refractivity contribution < 1.29 is 19.0 Å². The molecule has 0 saturated carbocycles. The SMILES string of the molecule is C=C[C@@H](c1cccs1)C1(c2ccccc2)Oc2cc(OC)cc(OC)c2C1=O. The molecular formula is C23H20O4S. The minimum atomic E-state index is -1.25. The van der Waals surface area contributed by atoms with Crippen LogP contribution in [-0.2, 0) is 5.60 Å². The summed E-state index contributed by atoms with van der Waals surface area (Å²) in [4.78, 5) is 14.9. The highest BCUT2D eigenvalue weighted by atomic mass is 32.1. The van der Waals surface area contributed by atoms with E-state index in [4.69, 9.17) is 14.2 Å². The van der Waals surface area contributed by atoms with Crippen LogP contribution < -0.4 is 14.2 Å². The number of methoxy groups -OCH3 is 2. The smallest absolute Gasteiger partial charge is 0.219 e. The Hall–Kier alpha value is -3.05. The molecule has 2 aromatic carbocycles. The van der Waals surface area contributed by atoms with Crippen LogP contribution in [0.25, 0.3) is 0 Å². The molecular weight excluding hydrogens is 372 g/mol. The summed E-state index contributed by atoms with van der Waals surface area (Å²) in [6.07, 6.45) is 1.78. The van der Waals surface area contributed by atoms with Crippen molar-refractivity contribution in [3.05, 3.63) is 88.6 Å². The number of ether oxygens (including phenoxy) is 3. The third-order valence-electron chi connectivity index (χ3n) is 5.06. The highest BCUT2D eigenvalue weighted by Gasteiger charge is 2.56. The molecule has 0 fully saturated rings. The lowest BCUT2D eigenvalue weighted by Gasteiger charge is -2.33. The van der Waals surface area contributed by atoms with Gasteiger partial charge in [0.05, 0.1) is 20.1 Å². The molecule has 1 unspecified atom stereocenters. The third kappa shape index (κ3) is 2.62. The Balaban J connectivity index is 1.98. The fraction of sp³-hybridized carbons (Fsp3) is 0.174. The van der Waals surface area contributed by atoms with Crippen molar-refractivity contribution in [2.45, 2.75) is 11.5 Å². The third-order valence-corrected chi connectivity index (χ3v) is 6.01. The van der Waals surface area contributed by atoms with Crippen molar-refractivity contribution in [3.8, 4) is 17.2 Å². The quantitative estimate of drug-likeness (QED) is 0.541. The van der Waals surface area contributed by atoms with E-state index < -0.39 is 5.60 Å². The number of carbonyl (C=O) groups is 1. The lowest BCUT2D eigenvalue weighted by atomic mass is 9.76. The maximum atomic E-state index is 13.9. The molecule has 2 heterocycles. The number of benzene rings is 2. The van der Waals surface area contributed by atoms with Crippen LogP contribution in [0.4, 0.5) is 0 Å². The van der Waals surface area contributed by atoms with Gasteiger partial charge < -0.3 is 14.2 Å². The standard InChI is InChI=1S/C23H20O4S/c1-4-17(20-11-8-12-28-20)23(15-9-6-5-7-10-15)22(24)21-18(26-3)13-16(25-2)14-19(21)27-23/h4-14,17H,1H2,2-3H3/t17-,23?/m0/s1. The largest absolute Gasteiger partial charge is 0.496 e. The van der Waals surface area contributed by atoms with Gasteiger partial charge in [0.25, 0.3) is 0 Å². The first-order valence-corrected chi connectivity index (χ1v) is 9.75. The fourth-order valence-electron chi connectivity index (χ4n) is 3.77. The monoisotopic (exact) mass is 392 g/mol. The number of fused-ring (bicyclic) bond motifs is 1. The molecule has 28 heavy (non-hydrogen) atoms. The molecule has 5 heteroatoms. The van der Waals surface area contributed by atoms with Gasteiger partial charge in [-0.3, -0.25) is 4.79 Å². The van der Waals surface area contributed by atoms with Crippen molar-refractivity contribution in [1.29, 1.82) is 0 Å². The van der Waals surface area contributed by atoms with Gasteiger partial charge >= 0.3 is 0 Å². The molecule has 1 aliphatic rings. The van der Waals surface area contributed by atoms with Gasteiger partial charge in [0.1, 0.15) is 22.8 Å². The zero-order valence-electron chi connectivity index (χ0n) is 15.7. The Bertz CT molecular complexity index is 1010. The number of Topliss-reactive ketones (excluding diaryl/α,β-unsaturated/α-hetero) is 1. The molecule has 4 rings (SSSR count). The molecule has 0 radical (unpaired) electrons. The molecule has 0 spiro atoms. The normalized spacial score (nSPS) is 18.9. The van der Waals surface area contributed by atoms with E-state index in [0.29, 0.717) is 22.8 Å². The number of hydrogen-bond acceptors (Lipinski definition) is 5. The molecule has 0 N–H and O–H groups in total. The first-order valence-electron chi connectivity index (χ1n) is 8.87. The van der Waals surface area contributed by atoms with E-state index in [1.54, 1.807) is 36.7 Å². The Morgan fingerprint density at radius 3 is 2.50 bits per heavy atom.